The van der Waals surface area contributed by atoms with Gasteiger partial charge in [-0.15, -0.1) is 0 Å². The van der Waals surface area contributed by atoms with Crippen molar-refractivity contribution in [2.75, 3.05) is 28.2 Å². The number of rotatable bonds is 26. The number of esters is 3. The largest absolute Gasteiger partial charge is 0.480 e. The molecule has 2 aromatic carbocycles. The molecule has 0 radical (unpaired) electrons. The first-order chi connectivity index (χ1) is 31.7. The number of carbonyl (C=O) groups is 8. The number of aliphatic carboxylic acids is 1. The minimum Gasteiger partial charge on any atom is -0.480 e. The lowest BCUT2D eigenvalue weighted by Crippen LogP contribution is -2.54. The number of nitrogens with zero attached hydrogens (tertiary/aromatic N) is 4. The molecule has 8 atom stereocenters. The average Bonchev–Trinajstić information content (AvgIpc) is 3.27. The molecule has 0 aliphatic rings. The van der Waals surface area contributed by atoms with Crippen molar-refractivity contribution in [1.29, 1.82) is 0 Å². The third-order valence-electron chi connectivity index (χ3n) is 11.9. The standard InChI is InChI=1S/C52H78N4O12/c1-31(2)26-40(49(61)62)53(12)46(58)36(10)66-51(64)42(28-33(5)6)55(14)48(60)43(30-39-24-20-17-21-25-39)68-52(65)44(34(7)8)56(15)47(59)37(11)67-50(63)41(27-32(3)4)54(13)45(57)35(9)29-38-22-18-16-19-23-38/h16-25,31-37,40-44H,26-30H2,1-15H3,(H,61,62). The Morgan fingerprint density at radius 2 is 0.824 bits per heavy atom. The summed E-state index contributed by atoms with van der Waals surface area (Å²) in [5, 5.41) is 9.81. The van der Waals surface area contributed by atoms with Crippen molar-refractivity contribution in [3.8, 4) is 0 Å². The fraction of sp³-hybridized carbons (Fsp3) is 0.615. The molecule has 0 aliphatic heterocycles. The molecule has 0 fully saturated rings. The second-order valence-electron chi connectivity index (χ2n) is 19.6. The van der Waals surface area contributed by atoms with Gasteiger partial charge in [-0.3, -0.25) is 19.2 Å². The molecule has 68 heavy (non-hydrogen) atoms. The molecule has 0 aliphatic carbocycles. The number of carbonyl (C=O) groups excluding carboxylic acids is 7. The zero-order valence-electron chi connectivity index (χ0n) is 43.0. The maximum Gasteiger partial charge on any atom is 0.329 e. The molecule has 0 spiro atoms. The Hall–Kier alpha value is -5.80. The van der Waals surface area contributed by atoms with Crippen LogP contribution in [0.2, 0.25) is 0 Å². The van der Waals surface area contributed by atoms with Gasteiger partial charge in [0.1, 0.15) is 24.2 Å². The lowest BCUT2D eigenvalue weighted by Gasteiger charge is -2.35. The first kappa shape index (κ1) is 58.3. The van der Waals surface area contributed by atoms with Crippen molar-refractivity contribution in [2.45, 2.75) is 151 Å². The second-order valence-corrected chi connectivity index (χ2v) is 19.6. The molecule has 0 saturated carbocycles. The minimum atomic E-state index is -1.50. The van der Waals surface area contributed by atoms with Gasteiger partial charge in [0, 0.05) is 40.5 Å². The van der Waals surface area contributed by atoms with Crippen LogP contribution in [0.25, 0.3) is 0 Å². The summed E-state index contributed by atoms with van der Waals surface area (Å²) < 4.78 is 17.4. The minimum absolute atomic E-state index is 0.00866. The van der Waals surface area contributed by atoms with Gasteiger partial charge in [-0.05, 0) is 74.3 Å². The van der Waals surface area contributed by atoms with Crippen LogP contribution < -0.4 is 0 Å². The first-order valence-electron chi connectivity index (χ1n) is 23.7. The summed E-state index contributed by atoms with van der Waals surface area (Å²) in [5.41, 5.74) is 1.61. The summed E-state index contributed by atoms with van der Waals surface area (Å²) >= 11 is 0. The van der Waals surface area contributed by atoms with Gasteiger partial charge in [0.25, 0.3) is 17.7 Å². The third-order valence-corrected chi connectivity index (χ3v) is 11.9. The van der Waals surface area contributed by atoms with Crippen molar-refractivity contribution in [2.24, 2.45) is 29.6 Å². The van der Waals surface area contributed by atoms with E-state index < -0.39 is 95.9 Å². The third kappa shape index (κ3) is 17.4. The Labute approximate surface area is 404 Å². The summed E-state index contributed by atoms with van der Waals surface area (Å²) in [7, 11) is 5.63. The number of carboxylic acid groups (broad SMARTS) is 1. The van der Waals surface area contributed by atoms with Crippen LogP contribution in [-0.4, -0.2) is 143 Å². The molecule has 0 saturated heterocycles. The number of ether oxygens (including phenoxy) is 3. The topological polar surface area (TPSA) is 197 Å². The highest BCUT2D eigenvalue weighted by Crippen LogP contribution is 2.23. The van der Waals surface area contributed by atoms with Gasteiger partial charge in [0.2, 0.25) is 5.91 Å². The monoisotopic (exact) mass is 951 g/mol. The number of amides is 4. The summed E-state index contributed by atoms with van der Waals surface area (Å²) in [6, 6.07) is 13.7. The van der Waals surface area contributed by atoms with E-state index in [4.69, 9.17) is 14.2 Å². The molecule has 0 bridgehead atoms. The van der Waals surface area contributed by atoms with E-state index in [2.05, 4.69) is 0 Å². The molecule has 378 valence electrons. The Morgan fingerprint density at radius 3 is 1.22 bits per heavy atom. The van der Waals surface area contributed by atoms with Crippen LogP contribution in [0.15, 0.2) is 60.7 Å². The number of benzene rings is 2. The predicted octanol–water partition coefficient (Wildman–Crippen LogP) is 6.07. The van der Waals surface area contributed by atoms with Crippen LogP contribution in [0.1, 0.15) is 107 Å². The van der Waals surface area contributed by atoms with Crippen molar-refractivity contribution in [3.05, 3.63) is 71.8 Å². The highest BCUT2D eigenvalue weighted by molar-refractivity contribution is 5.93. The molecule has 0 heterocycles. The summed E-state index contributed by atoms with van der Waals surface area (Å²) in [6.07, 6.45) is -3.34. The van der Waals surface area contributed by atoms with Gasteiger partial charge in [-0.1, -0.05) is 123 Å². The first-order valence-corrected chi connectivity index (χ1v) is 23.7. The van der Waals surface area contributed by atoms with Gasteiger partial charge in [0.15, 0.2) is 18.3 Å². The molecule has 8 unspecified atom stereocenters. The quantitative estimate of drug-likeness (QED) is 0.0846. The van der Waals surface area contributed by atoms with Crippen molar-refractivity contribution in [3.63, 3.8) is 0 Å². The van der Waals surface area contributed by atoms with E-state index in [-0.39, 0.29) is 49.3 Å². The van der Waals surface area contributed by atoms with Gasteiger partial charge >= 0.3 is 23.9 Å². The molecule has 4 amide bonds. The van der Waals surface area contributed by atoms with Gasteiger partial charge < -0.3 is 38.9 Å². The highest BCUT2D eigenvalue weighted by Gasteiger charge is 2.41. The maximum absolute atomic E-state index is 14.5. The Kier molecular flexibility index (Phi) is 23.4. The van der Waals surface area contributed by atoms with E-state index >= 15 is 0 Å². The van der Waals surface area contributed by atoms with E-state index in [1.165, 1.54) is 39.9 Å². The van der Waals surface area contributed by atoms with Crippen molar-refractivity contribution >= 4 is 47.5 Å². The summed E-state index contributed by atoms with van der Waals surface area (Å²) in [5.74, 6) is -7.47. The lowest BCUT2D eigenvalue weighted by atomic mass is 9.97. The van der Waals surface area contributed by atoms with E-state index in [1.807, 2.05) is 71.9 Å². The van der Waals surface area contributed by atoms with Gasteiger partial charge in [-0.2, -0.15) is 0 Å². The van der Waals surface area contributed by atoms with E-state index in [0.717, 1.165) is 20.3 Å². The lowest BCUT2D eigenvalue weighted by molar-refractivity contribution is -0.174. The van der Waals surface area contributed by atoms with Crippen LogP contribution in [0.3, 0.4) is 0 Å². The van der Waals surface area contributed by atoms with Crippen LogP contribution in [0.4, 0.5) is 0 Å². The Morgan fingerprint density at radius 1 is 0.456 bits per heavy atom. The van der Waals surface area contributed by atoms with Gasteiger partial charge in [-0.25, -0.2) is 19.2 Å². The summed E-state index contributed by atoms with van der Waals surface area (Å²) in [6.45, 7) is 19.1. The van der Waals surface area contributed by atoms with E-state index in [1.54, 1.807) is 58.2 Å². The smallest absolute Gasteiger partial charge is 0.329 e. The number of hydrogen-bond acceptors (Lipinski definition) is 11. The van der Waals surface area contributed by atoms with Gasteiger partial charge in [0.05, 0.1) is 0 Å². The number of likely N-dealkylation sites (N-methyl/N-ethyl adjacent to an activating group) is 4. The second kappa shape index (κ2) is 27.3. The molecule has 1 N–H and O–H groups in total. The normalized spacial score (nSPS) is 15.0. The Bertz CT molecular complexity index is 1990. The predicted molar refractivity (Wildman–Crippen MR) is 258 cm³/mol. The fourth-order valence-corrected chi connectivity index (χ4v) is 8.09. The maximum atomic E-state index is 14.5. The summed E-state index contributed by atoms with van der Waals surface area (Å²) in [4.78, 5) is 114. The Balaban J connectivity index is 2.38. The van der Waals surface area contributed by atoms with Crippen LogP contribution in [0.5, 0.6) is 0 Å². The number of carboxylic acids is 1. The molecule has 2 aromatic rings. The van der Waals surface area contributed by atoms with E-state index in [9.17, 15) is 43.5 Å². The molecular formula is C52H78N4O12. The SMILES string of the molecule is CC(C)CC(C(=O)OC(C)C(=O)N(C)C(C(=O)OC(Cc1ccccc1)C(=O)N(C)C(CC(C)C)C(=O)OC(C)C(=O)N(C)C(CC(C)C)C(=O)O)C(C)C)N(C)C(=O)C(C)Cc1ccccc1. The molecular weight excluding hydrogens is 873 g/mol. The van der Waals surface area contributed by atoms with Crippen molar-refractivity contribution < 1.29 is 57.7 Å². The molecule has 0 aromatic heterocycles. The highest BCUT2D eigenvalue weighted by atomic mass is 16.6. The molecule has 16 heteroatoms. The fourth-order valence-electron chi connectivity index (χ4n) is 8.09. The van der Waals surface area contributed by atoms with Crippen LogP contribution in [0, 0.1) is 29.6 Å². The zero-order chi connectivity index (χ0) is 51.7. The van der Waals surface area contributed by atoms with Crippen LogP contribution in [-0.2, 0) is 65.4 Å². The zero-order valence-corrected chi connectivity index (χ0v) is 43.0. The molecule has 16 nitrogen and oxygen atoms in total. The van der Waals surface area contributed by atoms with E-state index in [0.29, 0.717) is 12.0 Å². The number of hydrogen-bond donors (Lipinski definition) is 1. The molecule has 2 rings (SSSR count). The van der Waals surface area contributed by atoms with Crippen LogP contribution >= 0.6 is 0 Å². The van der Waals surface area contributed by atoms with Crippen molar-refractivity contribution in [1.82, 2.24) is 19.6 Å². The average molecular weight is 951 g/mol.